The third-order valence-electron chi connectivity index (χ3n) is 7.82. The van der Waals surface area contributed by atoms with E-state index in [2.05, 4.69) is 31.0 Å². The van der Waals surface area contributed by atoms with Gasteiger partial charge in [0.05, 0.1) is 5.92 Å². The molecule has 1 amide bonds. The minimum atomic E-state index is -0.665. The first-order valence-electron chi connectivity index (χ1n) is 12.1. The second-order valence-corrected chi connectivity index (χ2v) is 11.8. The SMILES string of the molecule is CC1(C)CC2CC(C)(CN2C(=O)c2ccc(C3(N)CC3)cc2)C1.O=C(O)C1CCCNC1. The van der Waals surface area contributed by atoms with Crippen LogP contribution in [0.15, 0.2) is 24.3 Å². The zero-order chi connectivity index (χ0) is 23.1. The summed E-state index contributed by atoms with van der Waals surface area (Å²) >= 11 is 0. The Morgan fingerprint density at radius 1 is 1.12 bits per heavy atom. The van der Waals surface area contributed by atoms with Crippen molar-refractivity contribution in [1.29, 1.82) is 0 Å². The molecule has 3 unspecified atom stereocenters. The van der Waals surface area contributed by atoms with Crippen molar-refractivity contribution in [1.82, 2.24) is 10.2 Å². The highest BCUT2D eigenvalue weighted by molar-refractivity contribution is 5.94. The smallest absolute Gasteiger partial charge is 0.307 e. The summed E-state index contributed by atoms with van der Waals surface area (Å²) in [5.74, 6) is -0.606. The average Bonchev–Trinajstić information content (AvgIpc) is 3.44. The van der Waals surface area contributed by atoms with Crippen molar-refractivity contribution in [2.24, 2.45) is 22.5 Å². The number of nitrogens with one attached hydrogen (secondary N) is 1. The highest BCUT2D eigenvalue weighted by atomic mass is 16.4. The maximum Gasteiger partial charge on any atom is 0.307 e. The van der Waals surface area contributed by atoms with Gasteiger partial charge >= 0.3 is 5.97 Å². The van der Waals surface area contributed by atoms with Crippen LogP contribution in [0.5, 0.6) is 0 Å². The van der Waals surface area contributed by atoms with E-state index < -0.39 is 5.97 Å². The van der Waals surface area contributed by atoms with E-state index in [9.17, 15) is 9.59 Å². The molecule has 0 spiro atoms. The number of rotatable bonds is 3. The molecule has 6 heteroatoms. The Morgan fingerprint density at radius 3 is 2.34 bits per heavy atom. The molecule has 4 aliphatic rings. The van der Waals surface area contributed by atoms with Crippen molar-refractivity contribution in [2.45, 2.75) is 77.3 Å². The molecule has 3 atom stereocenters. The van der Waals surface area contributed by atoms with Crippen LogP contribution in [0.4, 0.5) is 0 Å². The molecule has 176 valence electrons. The summed E-state index contributed by atoms with van der Waals surface area (Å²) in [5.41, 5.74) is 8.73. The number of nitrogens with two attached hydrogens (primary N) is 1. The van der Waals surface area contributed by atoms with Gasteiger partial charge in [0, 0.05) is 30.2 Å². The highest BCUT2D eigenvalue weighted by Crippen LogP contribution is 2.52. The van der Waals surface area contributed by atoms with Crippen LogP contribution >= 0.6 is 0 Å². The van der Waals surface area contributed by atoms with Gasteiger partial charge in [-0.05, 0) is 80.0 Å². The predicted molar refractivity (Wildman–Crippen MR) is 125 cm³/mol. The van der Waals surface area contributed by atoms with Crippen LogP contribution in [0.25, 0.3) is 0 Å². The van der Waals surface area contributed by atoms with Gasteiger partial charge < -0.3 is 21.1 Å². The molecule has 5 rings (SSSR count). The molecule has 4 fully saturated rings. The lowest BCUT2D eigenvalue weighted by Gasteiger charge is -2.39. The van der Waals surface area contributed by atoms with Crippen LogP contribution < -0.4 is 11.1 Å². The lowest BCUT2D eigenvalue weighted by atomic mass is 9.65. The molecule has 2 aliphatic carbocycles. The molecule has 1 aromatic carbocycles. The molecule has 6 nitrogen and oxygen atoms in total. The van der Waals surface area contributed by atoms with Gasteiger partial charge in [0.25, 0.3) is 5.91 Å². The summed E-state index contributed by atoms with van der Waals surface area (Å²) in [4.78, 5) is 25.5. The van der Waals surface area contributed by atoms with Crippen molar-refractivity contribution in [3.63, 3.8) is 0 Å². The summed E-state index contributed by atoms with van der Waals surface area (Å²) in [6.07, 6.45) is 7.45. The first-order chi connectivity index (χ1) is 15.0. The normalized spacial score (nSPS) is 31.9. The van der Waals surface area contributed by atoms with Crippen LogP contribution in [0, 0.1) is 16.7 Å². The number of piperidine rings is 1. The quantitative estimate of drug-likeness (QED) is 0.664. The fraction of sp³-hybridized carbons (Fsp3) is 0.692. The van der Waals surface area contributed by atoms with E-state index in [1.54, 1.807) is 0 Å². The maximum absolute atomic E-state index is 13.0. The van der Waals surface area contributed by atoms with E-state index in [1.807, 2.05) is 24.3 Å². The molecule has 2 saturated carbocycles. The molecular weight excluding hydrogens is 402 g/mol. The van der Waals surface area contributed by atoms with E-state index in [-0.39, 0.29) is 22.8 Å². The summed E-state index contributed by atoms with van der Waals surface area (Å²) in [5, 5.41) is 11.5. The summed E-state index contributed by atoms with van der Waals surface area (Å²) in [7, 11) is 0. The number of carbonyl (C=O) groups is 2. The second kappa shape index (κ2) is 8.45. The zero-order valence-electron chi connectivity index (χ0n) is 19.8. The largest absolute Gasteiger partial charge is 0.481 e. The Morgan fingerprint density at radius 2 is 1.81 bits per heavy atom. The first kappa shape index (κ1) is 23.2. The minimum absolute atomic E-state index is 0.122. The summed E-state index contributed by atoms with van der Waals surface area (Å²) in [6, 6.07) is 8.45. The Kier molecular flexibility index (Phi) is 6.14. The number of aliphatic carboxylic acids is 1. The van der Waals surface area contributed by atoms with E-state index in [0.29, 0.717) is 18.0 Å². The number of nitrogens with zero attached hydrogens (tertiary/aromatic N) is 1. The van der Waals surface area contributed by atoms with Crippen molar-refractivity contribution in [3.05, 3.63) is 35.4 Å². The lowest BCUT2D eigenvalue weighted by molar-refractivity contribution is -0.142. The zero-order valence-corrected chi connectivity index (χ0v) is 19.8. The Hall–Kier alpha value is -1.92. The topological polar surface area (TPSA) is 95.7 Å². The molecule has 4 N–H and O–H groups in total. The van der Waals surface area contributed by atoms with Crippen LogP contribution in [-0.2, 0) is 10.3 Å². The Balaban J connectivity index is 0.000000230. The first-order valence-corrected chi connectivity index (χ1v) is 12.1. The number of carboxylic acid groups (broad SMARTS) is 1. The molecule has 32 heavy (non-hydrogen) atoms. The molecule has 2 saturated heterocycles. The lowest BCUT2D eigenvalue weighted by Crippen LogP contribution is -2.37. The van der Waals surface area contributed by atoms with Gasteiger partial charge in [-0.1, -0.05) is 32.9 Å². The molecule has 2 aliphatic heterocycles. The number of hydrogen-bond donors (Lipinski definition) is 3. The molecular formula is C26H39N3O3. The number of benzene rings is 1. The monoisotopic (exact) mass is 441 g/mol. The van der Waals surface area contributed by atoms with E-state index in [4.69, 9.17) is 10.8 Å². The Bertz CT molecular complexity index is 856. The van der Waals surface area contributed by atoms with E-state index >= 15 is 0 Å². The van der Waals surface area contributed by atoms with Gasteiger partial charge in [-0.25, -0.2) is 0 Å². The number of likely N-dealkylation sites (tertiary alicyclic amines) is 1. The number of amides is 1. The molecule has 0 radical (unpaired) electrons. The van der Waals surface area contributed by atoms with E-state index in [0.717, 1.165) is 57.2 Å². The van der Waals surface area contributed by atoms with Gasteiger partial charge in [0.2, 0.25) is 0 Å². The third kappa shape index (κ3) is 5.01. The van der Waals surface area contributed by atoms with Gasteiger partial charge in [0.15, 0.2) is 0 Å². The molecule has 2 heterocycles. The van der Waals surface area contributed by atoms with Crippen LogP contribution in [0.1, 0.15) is 81.6 Å². The number of fused-ring (bicyclic) bond motifs is 2. The van der Waals surface area contributed by atoms with Crippen molar-refractivity contribution < 1.29 is 14.7 Å². The van der Waals surface area contributed by atoms with Crippen LogP contribution in [-0.4, -0.2) is 47.6 Å². The van der Waals surface area contributed by atoms with Crippen molar-refractivity contribution >= 4 is 11.9 Å². The van der Waals surface area contributed by atoms with Crippen LogP contribution in [0.3, 0.4) is 0 Å². The number of carbonyl (C=O) groups excluding carboxylic acids is 1. The highest BCUT2D eigenvalue weighted by Gasteiger charge is 2.51. The van der Waals surface area contributed by atoms with E-state index in [1.165, 1.54) is 12.0 Å². The Labute approximate surface area is 191 Å². The number of carboxylic acids is 1. The van der Waals surface area contributed by atoms with Crippen molar-refractivity contribution in [2.75, 3.05) is 19.6 Å². The van der Waals surface area contributed by atoms with Gasteiger partial charge in [-0.3, -0.25) is 9.59 Å². The maximum atomic E-state index is 13.0. The summed E-state index contributed by atoms with van der Waals surface area (Å²) < 4.78 is 0. The average molecular weight is 442 g/mol. The minimum Gasteiger partial charge on any atom is -0.481 e. The van der Waals surface area contributed by atoms with Crippen LogP contribution in [0.2, 0.25) is 0 Å². The molecule has 0 aromatic heterocycles. The summed E-state index contributed by atoms with van der Waals surface area (Å²) in [6.45, 7) is 9.57. The van der Waals surface area contributed by atoms with Gasteiger partial charge in [-0.2, -0.15) is 0 Å². The standard InChI is InChI=1S/C20H28N2O.C6H11NO2/c1-18(2)10-16-11-19(3,12-18)13-22(16)17(23)14-4-6-15(7-5-14)20(21)8-9-20;8-6(9)5-2-1-3-7-4-5/h4-7,16H,8-13,21H2,1-3H3;5,7H,1-4H2,(H,8,9). The third-order valence-corrected chi connectivity index (χ3v) is 7.82. The van der Waals surface area contributed by atoms with Gasteiger partial charge in [0.1, 0.15) is 0 Å². The predicted octanol–water partition coefficient (Wildman–Crippen LogP) is 3.75. The fourth-order valence-electron chi connectivity index (χ4n) is 6.29. The molecule has 1 aromatic rings. The second-order valence-electron chi connectivity index (χ2n) is 11.8. The van der Waals surface area contributed by atoms with Gasteiger partial charge in [-0.15, -0.1) is 0 Å². The number of hydrogen-bond acceptors (Lipinski definition) is 4. The molecule has 2 bridgehead atoms. The van der Waals surface area contributed by atoms with Crippen molar-refractivity contribution in [3.8, 4) is 0 Å². The fourth-order valence-corrected chi connectivity index (χ4v) is 6.29.